The Kier molecular flexibility index (Phi) is 8.49. The molecule has 4 nitrogen and oxygen atoms in total. The zero-order valence-electron chi connectivity index (χ0n) is 18.7. The molecular weight excluding hydrogens is 370 g/mol. The van der Waals surface area contributed by atoms with Crippen LogP contribution in [0.2, 0.25) is 0 Å². The van der Waals surface area contributed by atoms with Gasteiger partial charge in [0.25, 0.3) is 0 Å². The van der Waals surface area contributed by atoms with Gasteiger partial charge in [-0.2, -0.15) is 0 Å². The van der Waals surface area contributed by atoms with Crippen LogP contribution in [-0.4, -0.2) is 22.1 Å². The van der Waals surface area contributed by atoms with Crippen LogP contribution in [0.5, 0.6) is 5.75 Å². The quantitative estimate of drug-likeness (QED) is 0.315. The number of nitrogens with one attached hydrogen (secondary N) is 3. The first-order chi connectivity index (χ1) is 14.7. The van der Waals surface area contributed by atoms with Crippen LogP contribution in [0.15, 0.2) is 30.5 Å². The number of unbranched alkanes of at least 4 members (excludes halogenated alkanes) is 8. The molecule has 0 atom stereocenters. The summed E-state index contributed by atoms with van der Waals surface area (Å²) in [5.74, 6) is 0.834. The van der Waals surface area contributed by atoms with Crippen molar-refractivity contribution in [2.45, 2.75) is 71.1 Å². The molecule has 0 aliphatic heterocycles. The summed E-state index contributed by atoms with van der Waals surface area (Å²) in [4.78, 5) is 10.1. The highest BCUT2D eigenvalue weighted by molar-refractivity contribution is 5.65. The molecule has 3 N–H and O–H groups in total. The summed E-state index contributed by atoms with van der Waals surface area (Å²) in [6.07, 6.45) is 17.3. The van der Waals surface area contributed by atoms with E-state index in [-0.39, 0.29) is 0 Å². The maximum absolute atomic E-state index is 5.56. The number of aryl methyl sites for hydroxylation is 1. The maximum atomic E-state index is 5.56. The number of methoxy groups -OCH3 is 1. The van der Waals surface area contributed by atoms with Crippen LogP contribution >= 0.6 is 0 Å². The normalized spacial score (nSPS) is 12.0. The SMILES string of the molecule is C=c1[nH]c(=Cc2[nH]c(-c3ccc[nH]3)cc2OC)cc1CCCCCCCCCCC. The molecule has 0 aromatic carbocycles. The smallest absolute Gasteiger partial charge is 0.144 e. The Morgan fingerprint density at radius 2 is 1.67 bits per heavy atom. The van der Waals surface area contributed by atoms with Crippen LogP contribution < -0.4 is 15.4 Å². The van der Waals surface area contributed by atoms with Gasteiger partial charge in [-0.15, -0.1) is 0 Å². The maximum Gasteiger partial charge on any atom is 0.144 e. The average molecular weight is 408 g/mol. The summed E-state index contributed by atoms with van der Waals surface area (Å²) >= 11 is 0. The lowest BCUT2D eigenvalue weighted by molar-refractivity contribution is 0.414. The van der Waals surface area contributed by atoms with Crippen molar-refractivity contribution in [3.05, 3.63) is 52.4 Å². The third-order valence-electron chi connectivity index (χ3n) is 5.78. The molecule has 4 heteroatoms. The Labute approximate surface area is 180 Å². The van der Waals surface area contributed by atoms with E-state index in [0.29, 0.717) is 0 Å². The summed E-state index contributed by atoms with van der Waals surface area (Å²) < 4.78 is 5.56. The van der Waals surface area contributed by atoms with Crippen molar-refractivity contribution in [2.24, 2.45) is 0 Å². The molecule has 162 valence electrons. The summed E-state index contributed by atoms with van der Waals surface area (Å²) in [7, 11) is 1.70. The number of aromatic amines is 3. The van der Waals surface area contributed by atoms with Crippen LogP contribution in [0.25, 0.3) is 24.0 Å². The van der Waals surface area contributed by atoms with Gasteiger partial charge in [0.15, 0.2) is 0 Å². The van der Waals surface area contributed by atoms with E-state index in [1.54, 1.807) is 7.11 Å². The van der Waals surface area contributed by atoms with Gasteiger partial charge in [0.1, 0.15) is 5.75 Å². The molecule has 0 fully saturated rings. The fraction of sp³-hybridized carbons (Fsp3) is 0.462. The Hall–Kier alpha value is -2.62. The molecule has 0 aliphatic carbocycles. The summed E-state index contributed by atoms with van der Waals surface area (Å²) in [5, 5.41) is 2.08. The van der Waals surface area contributed by atoms with Gasteiger partial charge in [0, 0.05) is 23.0 Å². The van der Waals surface area contributed by atoms with Crippen LogP contribution in [0, 0.1) is 0 Å². The van der Waals surface area contributed by atoms with E-state index in [1.807, 2.05) is 24.4 Å². The molecular formula is C26H37N3O. The third kappa shape index (κ3) is 6.19. The number of rotatable bonds is 13. The molecule has 0 bridgehead atoms. The standard InChI is InChI=1S/C26H37N3O/c1-4-5-6-7-8-9-10-11-12-14-21-17-22(28-20(21)2)18-25-26(30-3)19-24(29-25)23-15-13-16-27-23/h13,15-19,27-29H,2,4-12,14H2,1,3H3. The van der Waals surface area contributed by atoms with E-state index in [9.17, 15) is 0 Å². The Bertz CT molecular complexity index is 978. The van der Waals surface area contributed by atoms with Crippen molar-refractivity contribution >= 4 is 12.7 Å². The number of ether oxygens (including phenoxy) is 1. The topological polar surface area (TPSA) is 56.6 Å². The summed E-state index contributed by atoms with van der Waals surface area (Å²) in [6, 6.07) is 8.28. The van der Waals surface area contributed by atoms with Gasteiger partial charge < -0.3 is 19.7 Å². The van der Waals surface area contributed by atoms with Crippen LogP contribution in [0.3, 0.4) is 0 Å². The number of aromatic nitrogens is 3. The third-order valence-corrected chi connectivity index (χ3v) is 5.78. The molecule has 30 heavy (non-hydrogen) atoms. The number of H-pyrrole nitrogens is 3. The van der Waals surface area contributed by atoms with Gasteiger partial charge in [-0.05, 0) is 42.7 Å². The van der Waals surface area contributed by atoms with E-state index in [2.05, 4.69) is 40.6 Å². The zero-order valence-corrected chi connectivity index (χ0v) is 18.7. The van der Waals surface area contributed by atoms with Crippen molar-refractivity contribution < 1.29 is 4.74 Å². The van der Waals surface area contributed by atoms with E-state index < -0.39 is 0 Å². The first-order valence-corrected chi connectivity index (χ1v) is 11.5. The van der Waals surface area contributed by atoms with Crippen molar-refractivity contribution in [3.8, 4) is 17.1 Å². The summed E-state index contributed by atoms with van der Waals surface area (Å²) in [6.45, 7) is 6.48. The predicted molar refractivity (Wildman–Crippen MR) is 127 cm³/mol. The average Bonchev–Trinajstić information content (AvgIpc) is 3.47. The first kappa shape index (κ1) is 22.1. The molecule has 3 aromatic rings. The predicted octanol–water partition coefficient (Wildman–Crippen LogP) is 5.66. The minimum atomic E-state index is 0.834. The molecule has 3 aromatic heterocycles. The molecule has 0 spiro atoms. The Morgan fingerprint density at radius 1 is 0.933 bits per heavy atom. The van der Waals surface area contributed by atoms with Gasteiger partial charge in [-0.3, -0.25) is 0 Å². The monoisotopic (exact) mass is 407 g/mol. The van der Waals surface area contributed by atoms with Crippen molar-refractivity contribution in [3.63, 3.8) is 0 Å². The van der Waals surface area contributed by atoms with Gasteiger partial charge in [0.05, 0.1) is 24.2 Å². The second kappa shape index (κ2) is 11.5. The second-order valence-corrected chi connectivity index (χ2v) is 8.20. The first-order valence-electron chi connectivity index (χ1n) is 11.5. The highest BCUT2D eigenvalue weighted by Gasteiger charge is 2.09. The molecule has 0 radical (unpaired) electrons. The molecule has 0 saturated heterocycles. The number of hydrogen-bond acceptors (Lipinski definition) is 1. The van der Waals surface area contributed by atoms with Crippen LogP contribution in [0.1, 0.15) is 76.0 Å². The minimum absolute atomic E-state index is 0.834. The second-order valence-electron chi connectivity index (χ2n) is 8.20. The van der Waals surface area contributed by atoms with Crippen LogP contribution in [0.4, 0.5) is 0 Å². The van der Waals surface area contributed by atoms with Gasteiger partial charge in [-0.25, -0.2) is 0 Å². The van der Waals surface area contributed by atoms with Crippen molar-refractivity contribution in [2.75, 3.05) is 7.11 Å². The molecule has 3 heterocycles. The lowest BCUT2D eigenvalue weighted by Crippen LogP contribution is -2.09. The lowest BCUT2D eigenvalue weighted by Gasteiger charge is -2.01. The van der Waals surface area contributed by atoms with Gasteiger partial charge >= 0.3 is 0 Å². The number of hydrogen-bond donors (Lipinski definition) is 3. The zero-order chi connectivity index (χ0) is 21.2. The van der Waals surface area contributed by atoms with E-state index in [0.717, 1.165) is 40.0 Å². The fourth-order valence-corrected chi connectivity index (χ4v) is 4.02. The molecule has 0 amide bonds. The van der Waals surface area contributed by atoms with E-state index in [1.165, 1.54) is 63.4 Å². The molecule has 0 saturated carbocycles. The minimum Gasteiger partial charge on any atom is -0.494 e. The molecule has 3 rings (SSSR count). The summed E-state index contributed by atoms with van der Waals surface area (Å²) in [5.41, 5.74) is 4.33. The molecule has 0 unspecified atom stereocenters. The molecule has 0 aliphatic rings. The van der Waals surface area contributed by atoms with Crippen LogP contribution in [-0.2, 0) is 6.42 Å². The lowest BCUT2D eigenvalue weighted by atomic mass is 10.0. The van der Waals surface area contributed by atoms with Gasteiger partial charge in [0.2, 0.25) is 0 Å². The van der Waals surface area contributed by atoms with Crippen molar-refractivity contribution in [1.29, 1.82) is 0 Å². The fourth-order valence-electron chi connectivity index (χ4n) is 4.02. The van der Waals surface area contributed by atoms with Crippen molar-refractivity contribution in [1.82, 2.24) is 15.0 Å². The largest absolute Gasteiger partial charge is 0.494 e. The Balaban J connectivity index is 1.54. The Morgan fingerprint density at radius 3 is 2.33 bits per heavy atom. The highest BCUT2D eigenvalue weighted by atomic mass is 16.5. The van der Waals surface area contributed by atoms with E-state index in [4.69, 9.17) is 4.74 Å². The van der Waals surface area contributed by atoms with Gasteiger partial charge in [-0.1, -0.05) is 64.9 Å². The highest BCUT2D eigenvalue weighted by Crippen LogP contribution is 2.26. The van der Waals surface area contributed by atoms with E-state index >= 15 is 0 Å².